The maximum Gasteiger partial charge on any atom is 0.247 e. The van der Waals surface area contributed by atoms with Gasteiger partial charge in [-0.15, -0.1) is 0 Å². The molecule has 0 bridgehead atoms. The summed E-state index contributed by atoms with van der Waals surface area (Å²) in [7, 11) is 1.58. The van der Waals surface area contributed by atoms with E-state index in [4.69, 9.17) is 10.5 Å². The highest BCUT2D eigenvalue weighted by atomic mass is 16.5. The van der Waals surface area contributed by atoms with Crippen molar-refractivity contribution in [2.75, 3.05) is 13.7 Å². The first kappa shape index (κ1) is 14.7. The highest BCUT2D eigenvalue weighted by molar-refractivity contribution is 5.93. The summed E-state index contributed by atoms with van der Waals surface area (Å²) in [5.74, 6) is -0.608. The summed E-state index contributed by atoms with van der Waals surface area (Å²) in [6.07, 6.45) is 3.68. The van der Waals surface area contributed by atoms with Crippen molar-refractivity contribution in [1.82, 2.24) is 4.90 Å². The average molecular weight is 254 g/mol. The molecular formula is C13H22N2O3. The van der Waals surface area contributed by atoms with Gasteiger partial charge in [0.2, 0.25) is 11.8 Å². The van der Waals surface area contributed by atoms with Gasteiger partial charge in [-0.25, -0.2) is 0 Å². The number of methoxy groups -OCH3 is 1. The fourth-order valence-electron chi connectivity index (χ4n) is 2.19. The number of ether oxygens (including phenoxy) is 1. The zero-order valence-electron chi connectivity index (χ0n) is 11.3. The highest BCUT2D eigenvalue weighted by Crippen LogP contribution is 2.21. The molecule has 1 fully saturated rings. The summed E-state index contributed by atoms with van der Waals surface area (Å²) in [5.41, 5.74) is 6.40. The van der Waals surface area contributed by atoms with Gasteiger partial charge in [0.15, 0.2) is 0 Å². The molecule has 0 aromatic carbocycles. The monoisotopic (exact) mass is 254 g/mol. The quantitative estimate of drug-likeness (QED) is 0.739. The molecule has 0 aromatic rings. The van der Waals surface area contributed by atoms with Crippen molar-refractivity contribution in [2.24, 2.45) is 5.73 Å². The fourth-order valence-corrected chi connectivity index (χ4v) is 2.19. The topological polar surface area (TPSA) is 72.6 Å². The first-order valence-corrected chi connectivity index (χ1v) is 6.35. The molecule has 102 valence electrons. The zero-order chi connectivity index (χ0) is 13.7. The SMILES string of the molecule is CCC(=CC(=O)N1C[C@@H](OC)C[C@H]1C(N)=O)CC. The third-order valence-electron chi connectivity index (χ3n) is 3.44. The lowest BCUT2D eigenvalue weighted by Crippen LogP contribution is -2.43. The van der Waals surface area contributed by atoms with E-state index in [0.717, 1.165) is 18.4 Å². The molecule has 0 aromatic heterocycles. The van der Waals surface area contributed by atoms with Gasteiger partial charge < -0.3 is 15.4 Å². The minimum atomic E-state index is -0.548. The molecule has 1 aliphatic rings. The minimum absolute atomic E-state index is 0.105. The summed E-state index contributed by atoms with van der Waals surface area (Å²) in [4.78, 5) is 25.0. The molecule has 0 aliphatic carbocycles. The van der Waals surface area contributed by atoms with Crippen LogP contribution in [0, 0.1) is 0 Å². The minimum Gasteiger partial charge on any atom is -0.380 e. The maximum absolute atomic E-state index is 12.1. The molecule has 2 N–H and O–H groups in total. The third kappa shape index (κ3) is 3.32. The predicted molar refractivity (Wildman–Crippen MR) is 68.8 cm³/mol. The summed E-state index contributed by atoms with van der Waals surface area (Å²) in [6, 6.07) is -0.548. The highest BCUT2D eigenvalue weighted by Gasteiger charge is 2.37. The Morgan fingerprint density at radius 2 is 2.00 bits per heavy atom. The Hall–Kier alpha value is -1.36. The molecule has 1 saturated heterocycles. The van der Waals surface area contributed by atoms with Crippen molar-refractivity contribution in [2.45, 2.75) is 45.3 Å². The second-order valence-corrected chi connectivity index (χ2v) is 4.51. The Bertz CT molecular complexity index is 346. The molecule has 5 heteroatoms. The van der Waals surface area contributed by atoms with Gasteiger partial charge in [-0.05, 0) is 12.8 Å². The lowest BCUT2D eigenvalue weighted by molar-refractivity contribution is -0.133. The van der Waals surface area contributed by atoms with Crippen molar-refractivity contribution in [3.8, 4) is 0 Å². The molecule has 1 rings (SSSR count). The van der Waals surface area contributed by atoms with E-state index in [1.807, 2.05) is 13.8 Å². The van der Waals surface area contributed by atoms with Crippen LogP contribution in [0.2, 0.25) is 0 Å². The van der Waals surface area contributed by atoms with Crippen molar-refractivity contribution in [1.29, 1.82) is 0 Å². The van der Waals surface area contributed by atoms with Crippen LogP contribution in [0.15, 0.2) is 11.6 Å². The van der Waals surface area contributed by atoms with E-state index in [1.165, 1.54) is 4.90 Å². The average Bonchev–Trinajstić information content (AvgIpc) is 2.80. The van der Waals surface area contributed by atoms with Crippen LogP contribution in [0.25, 0.3) is 0 Å². The number of nitrogens with two attached hydrogens (primary N) is 1. The number of hydrogen-bond donors (Lipinski definition) is 1. The normalized spacial score (nSPS) is 22.9. The van der Waals surface area contributed by atoms with Gasteiger partial charge in [-0.3, -0.25) is 9.59 Å². The van der Waals surface area contributed by atoms with Gasteiger partial charge in [0, 0.05) is 26.2 Å². The second-order valence-electron chi connectivity index (χ2n) is 4.51. The van der Waals surface area contributed by atoms with Crippen molar-refractivity contribution in [3.05, 3.63) is 11.6 Å². The van der Waals surface area contributed by atoms with E-state index >= 15 is 0 Å². The van der Waals surface area contributed by atoms with E-state index < -0.39 is 11.9 Å². The lowest BCUT2D eigenvalue weighted by atomic mass is 10.1. The smallest absolute Gasteiger partial charge is 0.247 e. The molecule has 1 aliphatic heterocycles. The number of carbonyl (C=O) groups excluding carboxylic acids is 2. The number of nitrogens with zero attached hydrogens (tertiary/aromatic N) is 1. The first-order valence-electron chi connectivity index (χ1n) is 6.35. The molecule has 0 saturated carbocycles. The molecule has 0 spiro atoms. The molecule has 0 radical (unpaired) electrons. The Labute approximate surface area is 108 Å². The molecule has 2 atom stereocenters. The summed E-state index contributed by atoms with van der Waals surface area (Å²) < 4.78 is 5.21. The molecule has 0 unspecified atom stereocenters. The van der Waals surface area contributed by atoms with Crippen LogP contribution in [-0.4, -0.2) is 42.5 Å². The number of allylic oxidation sites excluding steroid dienone is 1. The predicted octanol–water partition coefficient (Wildman–Crippen LogP) is 0.834. The molecule has 5 nitrogen and oxygen atoms in total. The van der Waals surface area contributed by atoms with Crippen molar-refractivity contribution < 1.29 is 14.3 Å². The van der Waals surface area contributed by atoms with E-state index in [1.54, 1.807) is 13.2 Å². The van der Waals surface area contributed by atoms with Gasteiger partial charge in [-0.1, -0.05) is 19.4 Å². The van der Waals surface area contributed by atoms with Crippen LogP contribution >= 0.6 is 0 Å². The van der Waals surface area contributed by atoms with Crippen LogP contribution in [0.3, 0.4) is 0 Å². The summed E-state index contributed by atoms with van der Waals surface area (Å²) in [5, 5.41) is 0. The molecule has 2 amide bonds. The van der Waals surface area contributed by atoms with Crippen LogP contribution in [0.5, 0.6) is 0 Å². The molecule has 1 heterocycles. The largest absolute Gasteiger partial charge is 0.380 e. The van der Waals surface area contributed by atoms with Crippen LogP contribution in [-0.2, 0) is 14.3 Å². The van der Waals surface area contributed by atoms with Gasteiger partial charge in [0.05, 0.1) is 6.10 Å². The first-order chi connectivity index (χ1) is 8.53. The number of carbonyl (C=O) groups is 2. The summed E-state index contributed by atoms with van der Waals surface area (Å²) >= 11 is 0. The Morgan fingerprint density at radius 3 is 2.44 bits per heavy atom. The molecule has 18 heavy (non-hydrogen) atoms. The zero-order valence-corrected chi connectivity index (χ0v) is 11.3. The number of likely N-dealkylation sites (tertiary alicyclic amines) is 1. The van der Waals surface area contributed by atoms with Gasteiger partial charge in [0.25, 0.3) is 0 Å². The van der Waals surface area contributed by atoms with Crippen LogP contribution < -0.4 is 5.73 Å². The van der Waals surface area contributed by atoms with E-state index in [9.17, 15) is 9.59 Å². The van der Waals surface area contributed by atoms with Gasteiger partial charge in [-0.2, -0.15) is 0 Å². The number of hydrogen-bond acceptors (Lipinski definition) is 3. The van der Waals surface area contributed by atoms with E-state index in [-0.39, 0.29) is 12.0 Å². The van der Waals surface area contributed by atoms with Crippen molar-refractivity contribution >= 4 is 11.8 Å². The van der Waals surface area contributed by atoms with E-state index in [0.29, 0.717) is 13.0 Å². The lowest BCUT2D eigenvalue weighted by Gasteiger charge is -2.20. The Morgan fingerprint density at radius 1 is 1.39 bits per heavy atom. The second kappa shape index (κ2) is 6.54. The maximum atomic E-state index is 12.1. The fraction of sp³-hybridized carbons (Fsp3) is 0.692. The number of primary amides is 1. The summed E-state index contributed by atoms with van der Waals surface area (Å²) in [6.45, 7) is 4.45. The third-order valence-corrected chi connectivity index (χ3v) is 3.44. The van der Waals surface area contributed by atoms with Gasteiger partial charge in [0.1, 0.15) is 6.04 Å². The van der Waals surface area contributed by atoms with Crippen molar-refractivity contribution in [3.63, 3.8) is 0 Å². The molecular weight excluding hydrogens is 232 g/mol. The Balaban J connectivity index is 2.82. The van der Waals surface area contributed by atoms with Gasteiger partial charge >= 0.3 is 0 Å². The van der Waals surface area contributed by atoms with Crippen LogP contribution in [0.4, 0.5) is 0 Å². The number of rotatable bonds is 5. The Kier molecular flexibility index (Phi) is 5.34. The standard InChI is InChI=1S/C13H22N2O3/c1-4-9(5-2)6-12(16)15-8-10(18-3)7-11(15)13(14)17/h6,10-11H,4-5,7-8H2,1-3H3,(H2,14,17)/t10-,11-/m0/s1. The number of amides is 2. The van der Waals surface area contributed by atoms with E-state index in [2.05, 4.69) is 0 Å². The van der Waals surface area contributed by atoms with Crippen LogP contribution in [0.1, 0.15) is 33.1 Å².